The first kappa shape index (κ1) is 17.1. The summed E-state index contributed by atoms with van der Waals surface area (Å²) in [5.41, 5.74) is 6.40. The average Bonchev–Trinajstić information content (AvgIpc) is 2.47. The van der Waals surface area contributed by atoms with Crippen LogP contribution in [-0.2, 0) is 26.0 Å². The molecule has 0 spiro atoms. The maximum atomic E-state index is 12.5. The third kappa shape index (κ3) is 4.53. The first-order valence-corrected chi connectivity index (χ1v) is 7.77. The van der Waals surface area contributed by atoms with Gasteiger partial charge in [0.25, 0.3) is 0 Å². The lowest BCUT2D eigenvalue weighted by Gasteiger charge is -2.21. The second-order valence-corrected chi connectivity index (χ2v) is 6.18. The van der Waals surface area contributed by atoms with Crippen molar-refractivity contribution in [1.29, 1.82) is 0 Å². The largest absolute Gasteiger partial charge is 0.383 e. The smallest absolute Gasteiger partial charge is 0.243 e. The Morgan fingerprint density at radius 2 is 1.55 bits per heavy atom. The predicted molar refractivity (Wildman–Crippen MR) is 76.8 cm³/mol. The first-order chi connectivity index (χ1) is 9.56. The van der Waals surface area contributed by atoms with Crippen LogP contribution >= 0.6 is 0 Å². The van der Waals surface area contributed by atoms with E-state index in [1.165, 1.54) is 18.5 Å². The van der Waals surface area contributed by atoms with Gasteiger partial charge in [0.15, 0.2) is 0 Å². The van der Waals surface area contributed by atoms with Gasteiger partial charge in [-0.15, -0.1) is 0 Å². The molecular formula is C13H22N2O4S. The maximum Gasteiger partial charge on any atom is 0.243 e. The molecule has 0 radical (unpaired) electrons. The highest BCUT2D eigenvalue weighted by Crippen LogP contribution is 2.16. The van der Waals surface area contributed by atoms with E-state index >= 15 is 0 Å². The molecule has 0 bridgehead atoms. The fourth-order valence-corrected chi connectivity index (χ4v) is 3.09. The molecule has 1 aromatic carbocycles. The molecule has 114 valence electrons. The van der Waals surface area contributed by atoms with Gasteiger partial charge >= 0.3 is 0 Å². The van der Waals surface area contributed by atoms with Crippen LogP contribution in [0, 0.1) is 0 Å². The average molecular weight is 302 g/mol. The minimum atomic E-state index is -3.54. The van der Waals surface area contributed by atoms with Gasteiger partial charge in [0, 0.05) is 33.9 Å². The second kappa shape index (κ2) is 8.33. The number of rotatable bonds is 9. The van der Waals surface area contributed by atoms with Gasteiger partial charge in [0.05, 0.1) is 18.1 Å². The quantitative estimate of drug-likeness (QED) is 0.715. The van der Waals surface area contributed by atoms with Crippen LogP contribution in [0.5, 0.6) is 0 Å². The van der Waals surface area contributed by atoms with E-state index in [0.717, 1.165) is 5.56 Å². The molecule has 0 heterocycles. The molecule has 0 aliphatic rings. The molecule has 0 unspecified atom stereocenters. The number of ether oxygens (including phenoxy) is 2. The van der Waals surface area contributed by atoms with Gasteiger partial charge in [0.2, 0.25) is 10.0 Å². The van der Waals surface area contributed by atoms with Gasteiger partial charge in [-0.05, 0) is 17.7 Å². The van der Waals surface area contributed by atoms with Crippen molar-refractivity contribution in [3.05, 3.63) is 29.8 Å². The summed E-state index contributed by atoms with van der Waals surface area (Å²) in [7, 11) is -0.460. The highest BCUT2D eigenvalue weighted by atomic mass is 32.2. The summed E-state index contributed by atoms with van der Waals surface area (Å²) in [6, 6.07) is 6.59. The van der Waals surface area contributed by atoms with Gasteiger partial charge in [-0.3, -0.25) is 0 Å². The van der Waals surface area contributed by atoms with E-state index in [4.69, 9.17) is 15.2 Å². The van der Waals surface area contributed by atoms with E-state index < -0.39 is 10.0 Å². The number of methoxy groups -OCH3 is 2. The van der Waals surface area contributed by atoms with Crippen LogP contribution in [0.4, 0.5) is 0 Å². The van der Waals surface area contributed by atoms with Crippen molar-refractivity contribution in [3.63, 3.8) is 0 Å². The Labute approximate surface area is 120 Å². The Bertz CT molecular complexity index is 480. The molecule has 7 heteroatoms. The summed E-state index contributed by atoms with van der Waals surface area (Å²) in [5, 5.41) is 0. The molecule has 0 aliphatic carbocycles. The van der Waals surface area contributed by atoms with Crippen LogP contribution in [0.2, 0.25) is 0 Å². The molecule has 0 saturated carbocycles. The summed E-state index contributed by atoms with van der Waals surface area (Å²) < 4.78 is 36.3. The monoisotopic (exact) mass is 302 g/mol. The van der Waals surface area contributed by atoms with Gasteiger partial charge < -0.3 is 15.2 Å². The van der Waals surface area contributed by atoms with E-state index in [9.17, 15) is 8.42 Å². The number of hydrogen-bond acceptors (Lipinski definition) is 5. The SMILES string of the molecule is COCCN(CCOC)S(=O)(=O)c1ccc(CN)cc1. The van der Waals surface area contributed by atoms with Crippen molar-refractivity contribution in [3.8, 4) is 0 Å². The molecule has 2 N–H and O–H groups in total. The van der Waals surface area contributed by atoms with E-state index in [1.54, 1.807) is 24.3 Å². The third-order valence-corrected chi connectivity index (χ3v) is 4.80. The summed E-state index contributed by atoms with van der Waals surface area (Å²) in [6.07, 6.45) is 0. The topological polar surface area (TPSA) is 81.9 Å². The Morgan fingerprint density at radius 3 is 1.95 bits per heavy atom. The molecule has 0 aliphatic heterocycles. The molecule has 1 rings (SSSR count). The van der Waals surface area contributed by atoms with E-state index in [-0.39, 0.29) is 4.90 Å². The Kier molecular flexibility index (Phi) is 7.11. The maximum absolute atomic E-state index is 12.5. The number of nitrogens with two attached hydrogens (primary N) is 1. The third-order valence-electron chi connectivity index (χ3n) is 2.89. The van der Waals surface area contributed by atoms with Gasteiger partial charge in [0.1, 0.15) is 0 Å². The first-order valence-electron chi connectivity index (χ1n) is 6.33. The minimum Gasteiger partial charge on any atom is -0.383 e. The lowest BCUT2D eigenvalue weighted by molar-refractivity contribution is 0.150. The predicted octanol–water partition coefficient (Wildman–Crippen LogP) is 0.429. The standard InChI is InChI=1S/C13H22N2O4S/c1-18-9-7-15(8-10-19-2)20(16,17)13-5-3-12(11-14)4-6-13/h3-6H,7-11,14H2,1-2H3. The van der Waals surface area contributed by atoms with E-state index in [0.29, 0.717) is 32.8 Å². The van der Waals surface area contributed by atoms with Crippen LogP contribution in [0.1, 0.15) is 5.56 Å². The van der Waals surface area contributed by atoms with Crippen molar-refractivity contribution in [2.75, 3.05) is 40.5 Å². The van der Waals surface area contributed by atoms with E-state index in [2.05, 4.69) is 0 Å². The van der Waals surface area contributed by atoms with Crippen LogP contribution in [0.15, 0.2) is 29.2 Å². The number of hydrogen-bond donors (Lipinski definition) is 1. The molecular weight excluding hydrogens is 280 g/mol. The molecule has 1 aromatic rings. The highest BCUT2D eigenvalue weighted by molar-refractivity contribution is 7.89. The van der Waals surface area contributed by atoms with E-state index in [1.807, 2.05) is 0 Å². The van der Waals surface area contributed by atoms with Crippen LogP contribution in [-0.4, -0.2) is 53.2 Å². The van der Waals surface area contributed by atoms with Gasteiger partial charge in [-0.1, -0.05) is 12.1 Å². The van der Waals surface area contributed by atoms with Crippen LogP contribution in [0.3, 0.4) is 0 Å². The number of benzene rings is 1. The van der Waals surface area contributed by atoms with Crippen LogP contribution < -0.4 is 5.73 Å². The van der Waals surface area contributed by atoms with Crippen molar-refractivity contribution in [2.45, 2.75) is 11.4 Å². The van der Waals surface area contributed by atoms with Crippen molar-refractivity contribution < 1.29 is 17.9 Å². The van der Waals surface area contributed by atoms with Gasteiger partial charge in [-0.25, -0.2) is 8.42 Å². The number of nitrogens with zero attached hydrogens (tertiary/aromatic N) is 1. The molecule has 0 fully saturated rings. The lowest BCUT2D eigenvalue weighted by Crippen LogP contribution is -2.36. The zero-order valence-electron chi connectivity index (χ0n) is 11.9. The van der Waals surface area contributed by atoms with Crippen molar-refractivity contribution in [2.24, 2.45) is 5.73 Å². The molecule has 0 amide bonds. The Balaban J connectivity index is 2.94. The molecule has 0 aromatic heterocycles. The fourth-order valence-electron chi connectivity index (χ4n) is 1.68. The Hall–Kier alpha value is -0.990. The second-order valence-electron chi connectivity index (χ2n) is 4.24. The Morgan fingerprint density at radius 1 is 1.05 bits per heavy atom. The lowest BCUT2D eigenvalue weighted by atomic mass is 10.2. The van der Waals surface area contributed by atoms with Crippen molar-refractivity contribution >= 4 is 10.0 Å². The summed E-state index contributed by atoms with van der Waals surface area (Å²) in [5.74, 6) is 0. The normalized spacial score (nSPS) is 12.0. The van der Waals surface area contributed by atoms with Gasteiger partial charge in [-0.2, -0.15) is 4.31 Å². The van der Waals surface area contributed by atoms with Crippen molar-refractivity contribution in [1.82, 2.24) is 4.31 Å². The molecule has 0 saturated heterocycles. The summed E-state index contributed by atoms with van der Waals surface area (Å²) >= 11 is 0. The van der Waals surface area contributed by atoms with Crippen LogP contribution in [0.25, 0.3) is 0 Å². The zero-order valence-corrected chi connectivity index (χ0v) is 12.7. The molecule has 6 nitrogen and oxygen atoms in total. The molecule has 0 atom stereocenters. The number of sulfonamides is 1. The summed E-state index contributed by atoms with van der Waals surface area (Å²) in [6.45, 7) is 1.65. The highest BCUT2D eigenvalue weighted by Gasteiger charge is 2.23. The zero-order chi connectivity index (χ0) is 15.0. The fraction of sp³-hybridized carbons (Fsp3) is 0.538. The summed E-state index contributed by atoms with van der Waals surface area (Å²) in [4.78, 5) is 0.252. The minimum absolute atomic E-state index is 0.252. The molecule has 20 heavy (non-hydrogen) atoms.